The number of nitrogens with zero attached hydrogens (tertiary/aromatic N) is 2. The van der Waals surface area contributed by atoms with Gasteiger partial charge in [-0.15, -0.1) is 0 Å². The van der Waals surface area contributed by atoms with Crippen LogP contribution in [0.4, 0.5) is 5.69 Å². The number of sulfonamides is 1. The smallest absolute Gasteiger partial charge is 0.264 e. The molecule has 0 unspecified atom stereocenters. The number of hydrazone groups is 1. The summed E-state index contributed by atoms with van der Waals surface area (Å²) in [5.41, 5.74) is 3.38. The lowest BCUT2D eigenvalue weighted by molar-refractivity contribution is -0.119. The van der Waals surface area contributed by atoms with E-state index in [1.54, 1.807) is 36.4 Å². The lowest BCUT2D eigenvalue weighted by atomic mass is 10.2. The Morgan fingerprint density at radius 3 is 2.51 bits per heavy atom. The first kappa shape index (κ1) is 26.2. The summed E-state index contributed by atoms with van der Waals surface area (Å²) in [5.74, 6) is 0.0517. The number of nitrogens with one attached hydrogen (secondary N) is 1. The summed E-state index contributed by atoms with van der Waals surface area (Å²) in [5, 5.41) is 4.37. The second-order valence-electron chi connectivity index (χ2n) is 7.69. The van der Waals surface area contributed by atoms with E-state index in [2.05, 4.69) is 17.5 Å². The molecule has 0 fully saturated rings. The molecular formula is C26H28ClN3O4S. The third kappa shape index (κ3) is 7.56. The molecule has 1 N–H and O–H groups in total. The zero-order chi connectivity index (χ0) is 25.1. The number of benzene rings is 3. The van der Waals surface area contributed by atoms with Gasteiger partial charge in [0.2, 0.25) is 0 Å². The van der Waals surface area contributed by atoms with Gasteiger partial charge in [-0.1, -0.05) is 67.8 Å². The number of rotatable bonds is 12. The molecule has 3 rings (SSSR count). The molecule has 3 aromatic carbocycles. The van der Waals surface area contributed by atoms with Crippen molar-refractivity contribution in [3.05, 3.63) is 89.4 Å². The van der Waals surface area contributed by atoms with Gasteiger partial charge in [-0.2, -0.15) is 5.10 Å². The van der Waals surface area contributed by atoms with Crippen molar-refractivity contribution in [1.29, 1.82) is 0 Å². The van der Waals surface area contributed by atoms with Crippen molar-refractivity contribution >= 4 is 39.4 Å². The molecule has 0 heterocycles. The fourth-order valence-electron chi connectivity index (χ4n) is 3.26. The van der Waals surface area contributed by atoms with Gasteiger partial charge in [-0.05, 0) is 48.9 Å². The monoisotopic (exact) mass is 513 g/mol. The van der Waals surface area contributed by atoms with E-state index in [1.807, 2.05) is 24.3 Å². The highest BCUT2D eigenvalue weighted by molar-refractivity contribution is 7.92. The van der Waals surface area contributed by atoms with E-state index < -0.39 is 22.5 Å². The van der Waals surface area contributed by atoms with Crippen molar-refractivity contribution in [3.63, 3.8) is 0 Å². The standard InChI is InChI=1S/C26H28ClN3O4S/c1-2-3-9-17-34-25-16-8-7-11-21(25)19-28-29-26(31)20-30(23-13-10-12-22(27)18-23)35(32,33)24-14-5-4-6-15-24/h4-8,10-16,18-19H,2-3,9,17,20H2,1H3,(H,29,31)/b28-19+. The molecule has 3 aromatic rings. The molecule has 0 aromatic heterocycles. The minimum atomic E-state index is -4.02. The molecule has 0 aliphatic rings. The molecule has 0 saturated heterocycles. The molecule has 0 atom stereocenters. The molecule has 0 saturated carbocycles. The van der Waals surface area contributed by atoms with Crippen molar-refractivity contribution in [1.82, 2.24) is 5.43 Å². The number of unbranched alkanes of at least 4 members (excludes halogenated alkanes) is 2. The van der Waals surface area contributed by atoms with Gasteiger partial charge < -0.3 is 4.74 Å². The summed E-state index contributed by atoms with van der Waals surface area (Å²) < 4.78 is 33.5. The van der Waals surface area contributed by atoms with Crippen LogP contribution in [0.15, 0.2) is 88.9 Å². The van der Waals surface area contributed by atoms with E-state index in [4.69, 9.17) is 16.3 Å². The molecule has 35 heavy (non-hydrogen) atoms. The van der Waals surface area contributed by atoms with Crippen LogP contribution in [-0.2, 0) is 14.8 Å². The number of halogens is 1. The molecule has 0 aliphatic carbocycles. The Labute approximate surface area is 211 Å². The Hall–Kier alpha value is -3.36. The van der Waals surface area contributed by atoms with Crippen LogP contribution < -0.4 is 14.5 Å². The summed E-state index contributed by atoms with van der Waals surface area (Å²) >= 11 is 6.08. The summed E-state index contributed by atoms with van der Waals surface area (Å²) in [6, 6.07) is 21.6. The zero-order valence-corrected chi connectivity index (χ0v) is 21.0. The first-order chi connectivity index (χ1) is 16.9. The Morgan fingerprint density at radius 2 is 1.77 bits per heavy atom. The Kier molecular flexibility index (Phi) is 9.69. The zero-order valence-electron chi connectivity index (χ0n) is 19.4. The molecule has 184 valence electrons. The van der Waals surface area contributed by atoms with Crippen LogP contribution in [-0.4, -0.2) is 33.7 Å². The predicted octanol–water partition coefficient (Wildman–Crippen LogP) is 5.25. The lowest BCUT2D eigenvalue weighted by Crippen LogP contribution is -2.39. The topological polar surface area (TPSA) is 88.1 Å². The van der Waals surface area contributed by atoms with Gasteiger partial charge in [-0.25, -0.2) is 13.8 Å². The molecule has 0 spiro atoms. The third-order valence-corrected chi connectivity index (χ3v) is 7.06. The minimum Gasteiger partial charge on any atom is -0.493 e. The van der Waals surface area contributed by atoms with Gasteiger partial charge >= 0.3 is 0 Å². The molecule has 1 amide bonds. The Balaban J connectivity index is 1.74. The number of amides is 1. The minimum absolute atomic E-state index is 0.0606. The highest BCUT2D eigenvalue weighted by Gasteiger charge is 2.27. The number of hydrogen-bond acceptors (Lipinski definition) is 5. The van der Waals surface area contributed by atoms with E-state index in [0.717, 1.165) is 23.6 Å². The highest BCUT2D eigenvalue weighted by atomic mass is 35.5. The van der Waals surface area contributed by atoms with Gasteiger partial charge in [0.15, 0.2) is 0 Å². The second-order valence-corrected chi connectivity index (χ2v) is 9.99. The number of carbonyl (C=O) groups is 1. The van der Waals surface area contributed by atoms with Crippen molar-refractivity contribution in [2.45, 2.75) is 31.1 Å². The van der Waals surface area contributed by atoms with Crippen LogP contribution in [0, 0.1) is 0 Å². The first-order valence-electron chi connectivity index (χ1n) is 11.3. The maximum Gasteiger partial charge on any atom is 0.264 e. The summed E-state index contributed by atoms with van der Waals surface area (Å²) in [6.07, 6.45) is 4.61. The number of hydrogen-bond donors (Lipinski definition) is 1. The Bertz CT molecular complexity index is 1250. The van der Waals surface area contributed by atoms with Gasteiger partial charge in [0.1, 0.15) is 12.3 Å². The van der Waals surface area contributed by atoms with Crippen molar-refractivity contribution < 1.29 is 17.9 Å². The fraction of sp³-hybridized carbons (Fsp3) is 0.231. The van der Waals surface area contributed by atoms with Crippen LogP contribution in [0.1, 0.15) is 31.7 Å². The number of para-hydroxylation sites is 1. The average Bonchev–Trinajstić information content (AvgIpc) is 2.86. The third-order valence-electron chi connectivity index (χ3n) is 5.03. The van der Waals surface area contributed by atoms with E-state index >= 15 is 0 Å². The number of ether oxygens (including phenoxy) is 1. The molecule has 7 nitrogen and oxygen atoms in total. The quantitative estimate of drug-likeness (QED) is 0.203. The van der Waals surface area contributed by atoms with E-state index in [9.17, 15) is 13.2 Å². The maximum absolute atomic E-state index is 13.3. The van der Waals surface area contributed by atoms with Crippen LogP contribution in [0.3, 0.4) is 0 Å². The van der Waals surface area contributed by atoms with Crippen LogP contribution in [0.25, 0.3) is 0 Å². The van der Waals surface area contributed by atoms with Crippen LogP contribution in [0.5, 0.6) is 5.75 Å². The average molecular weight is 514 g/mol. The molecule has 0 radical (unpaired) electrons. The maximum atomic E-state index is 13.3. The summed E-state index contributed by atoms with van der Waals surface area (Å²) in [7, 11) is -4.02. The normalized spacial score (nSPS) is 11.4. The van der Waals surface area contributed by atoms with Gasteiger partial charge in [0.05, 0.1) is 23.4 Å². The summed E-state index contributed by atoms with van der Waals surface area (Å²) in [6.45, 7) is 2.24. The van der Waals surface area contributed by atoms with Crippen molar-refractivity contribution in [2.75, 3.05) is 17.5 Å². The number of carbonyl (C=O) groups excluding carboxylic acids is 1. The van der Waals surface area contributed by atoms with E-state index in [-0.39, 0.29) is 10.6 Å². The molecule has 0 bridgehead atoms. The Morgan fingerprint density at radius 1 is 1.03 bits per heavy atom. The van der Waals surface area contributed by atoms with Crippen molar-refractivity contribution in [3.8, 4) is 5.75 Å². The van der Waals surface area contributed by atoms with Gasteiger partial charge in [-0.3, -0.25) is 9.10 Å². The predicted molar refractivity (Wildman–Crippen MR) is 140 cm³/mol. The molecule has 0 aliphatic heterocycles. The second kappa shape index (κ2) is 12.9. The van der Waals surface area contributed by atoms with Gasteiger partial charge in [0.25, 0.3) is 15.9 Å². The first-order valence-corrected chi connectivity index (χ1v) is 13.1. The highest BCUT2D eigenvalue weighted by Crippen LogP contribution is 2.26. The SMILES string of the molecule is CCCCCOc1ccccc1/C=N/NC(=O)CN(c1cccc(Cl)c1)S(=O)(=O)c1ccccc1. The summed E-state index contributed by atoms with van der Waals surface area (Å²) in [4.78, 5) is 12.8. The van der Waals surface area contributed by atoms with Crippen molar-refractivity contribution in [2.24, 2.45) is 5.10 Å². The lowest BCUT2D eigenvalue weighted by Gasteiger charge is -2.23. The van der Waals surface area contributed by atoms with Gasteiger partial charge in [0, 0.05) is 10.6 Å². The molecular weight excluding hydrogens is 486 g/mol. The van der Waals surface area contributed by atoms with Crippen LogP contribution in [0.2, 0.25) is 5.02 Å². The number of anilines is 1. The molecule has 9 heteroatoms. The van der Waals surface area contributed by atoms with E-state index in [1.165, 1.54) is 24.4 Å². The fourth-order valence-corrected chi connectivity index (χ4v) is 4.88. The van der Waals surface area contributed by atoms with E-state index in [0.29, 0.717) is 22.9 Å². The largest absolute Gasteiger partial charge is 0.493 e. The van der Waals surface area contributed by atoms with Crippen LogP contribution >= 0.6 is 11.6 Å².